The van der Waals surface area contributed by atoms with E-state index in [0.29, 0.717) is 24.5 Å². The maximum atomic E-state index is 11.9. The van der Waals surface area contributed by atoms with Crippen molar-refractivity contribution >= 4 is 11.7 Å². The minimum atomic E-state index is -0.948. The summed E-state index contributed by atoms with van der Waals surface area (Å²) in [7, 11) is 0. The van der Waals surface area contributed by atoms with Crippen LogP contribution in [0.4, 0.5) is 5.69 Å². The van der Waals surface area contributed by atoms with E-state index in [9.17, 15) is 20.0 Å². The summed E-state index contributed by atoms with van der Waals surface area (Å²) in [6.07, 6.45) is 2.50. The summed E-state index contributed by atoms with van der Waals surface area (Å²) >= 11 is 0. The summed E-state index contributed by atoms with van der Waals surface area (Å²) in [6.45, 7) is 0.447. The highest BCUT2D eigenvalue weighted by Crippen LogP contribution is 2.49. The number of carbonyl (C=O) groups is 1. The van der Waals surface area contributed by atoms with Gasteiger partial charge in [-0.05, 0) is 37.2 Å². The lowest BCUT2D eigenvalue weighted by atomic mass is 9.74. The quantitative estimate of drug-likeness (QED) is 0.664. The van der Waals surface area contributed by atoms with Gasteiger partial charge in [-0.15, -0.1) is 0 Å². The van der Waals surface area contributed by atoms with E-state index in [0.717, 1.165) is 12.8 Å². The molecule has 1 aromatic rings. The Kier molecular flexibility index (Phi) is 3.41. The Bertz CT molecular complexity index is 583. The van der Waals surface area contributed by atoms with Crippen LogP contribution >= 0.6 is 0 Å². The minimum Gasteiger partial charge on any atom is -0.481 e. The number of aliphatic carboxylic acids is 1. The molecule has 2 atom stereocenters. The molecule has 0 amide bonds. The largest absolute Gasteiger partial charge is 0.481 e. The van der Waals surface area contributed by atoms with Crippen LogP contribution in [0.25, 0.3) is 0 Å². The summed E-state index contributed by atoms with van der Waals surface area (Å²) in [5.74, 6) is -0.536. The highest BCUT2D eigenvalue weighted by molar-refractivity contribution is 5.76. The Hall–Kier alpha value is -1.95. The summed E-state index contributed by atoms with van der Waals surface area (Å²) in [5.41, 5.74) is -0.270. The Labute approximate surface area is 121 Å². The van der Waals surface area contributed by atoms with E-state index >= 15 is 0 Å². The van der Waals surface area contributed by atoms with Gasteiger partial charge in [-0.25, -0.2) is 0 Å². The average molecular weight is 291 g/mol. The maximum Gasteiger partial charge on any atom is 0.312 e. The second kappa shape index (κ2) is 5.11. The Morgan fingerprint density at radius 1 is 1.48 bits per heavy atom. The molecule has 0 spiro atoms. The third-order valence-corrected chi connectivity index (χ3v) is 4.51. The molecule has 6 nitrogen and oxygen atoms in total. The normalized spacial score (nSPS) is 28.5. The summed E-state index contributed by atoms with van der Waals surface area (Å²) < 4.78 is 5.69. The SMILES string of the molecule is O=C(O)C1(Cc2cccc([N+](=O)[O-])c2)CCOC1C1CC1. The van der Waals surface area contributed by atoms with Crippen LogP contribution in [-0.4, -0.2) is 28.7 Å². The first-order valence-corrected chi connectivity index (χ1v) is 7.11. The fourth-order valence-corrected chi connectivity index (χ4v) is 3.29. The maximum absolute atomic E-state index is 11.9. The second-order valence-electron chi connectivity index (χ2n) is 5.94. The standard InChI is InChI=1S/C15H17NO5/c17-14(18)15(6-7-21-13(15)11-4-5-11)9-10-2-1-3-12(8-10)16(19)20/h1-3,8,11,13H,4-7,9H2,(H,17,18). The molecule has 1 N–H and O–H groups in total. The van der Waals surface area contributed by atoms with Crippen LogP contribution in [0.2, 0.25) is 0 Å². The minimum absolute atomic E-state index is 0.00470. The predicted octanol–water partition coefficient (Wildman–Crippen LogP) is 2.41. The highest BCUT2D eigenvalue weighted by atomic mass is 16.6. The van der Waals surface area contributed by atoms with Gasteiger partial charge < -0.3 is 9.84 Å². The van der Waals surface area contributed by atoms with E-state index in [1.54, 1.807) is 12.1 Å². The van der Waals surface area contributed by atoms with Gasteiger partial charge in [-0.3, -0.25) is 14.9 Å². The Morgan fingerprint density at radius 3 is 2.86 bits per heavy atom. The molecule has 1 aromatic carbocycles. The van der Waals surface area contributed by atoms with Crippen molar-refractivity contribution in [2.24, 2.45) is 11.3 Å². The fraction of sp³-hybridized carbons (Fsp3) is 0.533. The summed E-state index contributed by atoms with van der Waals surface area (Å²) in [5, 5.41) is 20.6. The van der Waals surface area contributed by atoms with Gasteiger partial charge in [0.15, 0.2) is 0 Å². The predicted molar refractivity (Wildman–Crippen MR) is 74.0 cm³/mol. The zero-order valence-electron chi connectivity index (χ0n) is 11.5. The van der Waals surface area contributed by atoms with Crippen molar-refractivity contribution in [1.82, 2.24) is 0 Å². The van der Waals surface area contributed by atoms with Gasteiger partial charge in [0.2, 0.25) is 0 Å². The third kappa shape index (κ3) is 2.51. The molecular weight excluding hydrogens is 274 g/mol. The summed E-state index contributed by atoms with van der Waals surface area (Å²) in [6, 6.07) is 6.23. The number of hydrogen-bond acceptors (Lipinski definition) is 4. The highest BCUT2D eigenvalue weighted by Gasteiger charge is 2.55. The summed E-state index contributed by atoms with van der Waals surface area (Å²) in [4.78, 5) is 22.3. The molecule has 3 rings (SSSR count). The number of ether oxygens (including phenoxy) is 1. The van der Waals surface area contributed by atoms with Gasteiger partial charge in [-0.2, -0.15) is 0 Å². The molecule has 0 aromatic heterocycles. The van der Waals surface area contributed by atoms with Crippen LogP contribution in [-0.2, 0) is 16.0 Å². The molecule has 1 aliphatic carbocycles. The van der Waals surface area contributed by atoms with Crippen molar-refractivity contribution in [3.05, 3.63) is 39.9 Å². The first-order chi connectivity index (χ1) is 10.0. The number of rotatable bonds is 5. The topological polar surface area (TPSA) is 89.7 Å². The average Bonchev–Trinajstić information content (AvgIpc) is 3.20. The molecule has 112 valence electrons. The monoisotopic (exact) mass is 291 g/mol. The zero-order valence-corrected chi connectivity index (χ0v) is 11.5. The third-order valence-electron chi connectivity index (χ3n) is 4.51. The Morgan fingerprint density at radius 2 is 2.24 bits per heavy atom. The van der Waals surface area contributed by atoms with Crippen LogP contribution in [0.15, 0.2) is 24.3 Å². The number of benzene rings is 1. The van der Waals surface area contributed by atoms with Gasteiger partial charge >= 0.3 is 5.97 Å². The van der Waals surface area contributed by atoms with Crippen molar-refractivity contribution in [3.8, 4) is 0 Å². The first kappa shape index (κ1) is 14.0. The molecule has 0 radical (unpaired) electrons. The number of carboxylic acid groups (broad SMARTS) is 1. The van der Waals surface area contributed by atoms with Crippen LogP contribution in [0.5, 0.6) is 0 Å². The first-order valence-electron chi connectivity index (χ1n) is 7.11. The van der Waals surface area contributed by atoms with Gasteiger partial charge in [0.1, 0.15) is 5.41 Å². The number of nitro groups is 1. The number of non-ortho nitro benzene ring substituents is 1. The molecule has 1 saturated carbocycles. The van der Waals surface area contributed by atoms with Crippen LogP contribution < -0.4 is 0 Å². The van der Waals surface area contributed by atoms with E-state index in [2.05, 4.69) is 0 Å². The van der Waals surface area contributed by atoms with Crippen molar-refractivity contribution in [1.29, 1.82) is 0 Å². The molecule has 21 heavy (non-hydrogen) atoms. The van der Waals surface area contributed by atoms with E-state index in [1.165, 1.54) is 12.1 Å². The molecule has 0 bridgehead atoms. The molecular formula is C15H17NO5. The molecule has 2 fully saturated rings. The van der Waals surface area contributed by atoms with Crippen LogP contribution in [0, 0.1) is 21.4 Å². The molecule has 1 aliphatic heterocycles. The molecule has 2 aliphatic rings. The van der Waals surface area contributed by atoms with E-state index < -0.39 is 16.3 Å². The van der Waals surface area contributed by atoms with Crippen molar-refractivity contribution in [2.45, 2.75) is 31.8 Å². The lowest BCUT2D eigenvalue weighted by molar-refractivity contribution is -0.384. The van der Waals surface area contributed by atoms with E-state index in [-0.39, 0.29) is 18.2 Å². The van der Waals surface area contributed by atoms with Gasteiger partial charge in [0.25, 0.3) is 5.69 Å². The number of carboxylic acids is 1. The van der Waals surface area contributed by atoms with Crippen molar-refractivity contribution in [2.75, 3.05) is 6.61 Å². The van der Waals surface area contributed by atoms with Gasteiger partial charge in [-0.1, -0.05) is 12.1 Å². The van der Waals surface area contributed by atoms with Crippen molar-refractivity contribution < 1.29 is 19.6 Å². The molecule has 1 heterocycles. The lowest BCUT2D eigenvalue weighted by Crippen LogP contribution is -2.42. The lowest BCUT2D eigenvalue weighted by Gasteiger charge is -2.30. The molecule has 1 saturated heterocycles. The van der Waals surface area contributed by atoms with E-state index in [4.69, 9.17) is 4.74 Å². The second-order valence-corrected chi connectivity index (χ2v) is 5.94. The van der Waals surface area contributed by atoms with Crippen molar-refractivity contribution in [3.63, 3.8) is 0 Å². The van der Waals surface area contributed by atoms with Gasteiger partial charge in [0.05, 0.1) is 11.0 Å². The van der Waals surface area contributed by atoms with Crippen LogP contribution in [0.1, 0.15) is 24.8 Å². The van der Waals surface area contributed by atoms with E-state index in [1.807, 2.05) is 0 Å². The zero-order chi connectivity index (χ0) is 15.0. The molecule has 6 heteroatoms. The number of nitrogens with zero attached hydrogens (tertiary/aromatic N) is 1. The Balaban J connectivity index is 1.90. The molecule has 2 unspecified atom stereocenters. The van der Waals surface area contributed by atoms with Gasteiger partial charge in [0, 0.05) is 18.7 Å². The number of hydrogen-bond donors (Lipinski definition) is 1. The van der Waals surface area contributed by atoms with Crippen LogP contribution in [0.3, 0.4) is 0 Å². The number of nitro benzene ring substituents is 1. The smallest absolute Gasteiger partial charge is 0.312 e. The fourth-order valence-electron chi connectivity index (χ4n) is 3.29.